The molecule has 1 atom stereocenters. The molecule has 4 heteroatoms. The van der Waals surface area contributed by atoms with Crippen LogP contribution in [0, 0.1) is 5.92 Å². The van der Waals surface area contributed by atoms with Gasteiger partial charge in [-0.2, -0.15) is 5.10 Å². The number of nitrogens with zero attached hydrogens (tertiary/aromatic N) is 2. The molecule has 1 aliphatic heterocycles. The minimum Gasteiger partial charge on any atom is -0.301 e. The summed E-state index contributed by atoms with van der Waals surface area (Å²) in [4.78, 5) is 13.7. The normalized spacial score (nSPS) is 21.3. The Hall–Kier alpha value is -1.16. The van der Waals surface area contributed by atoms with Crippen LogP contribution in [0.25, 0.3) is 0 Å². The van der Waals surface area contributed by atoms with E-state index < -0.39 is 0 Å². The highest BCUT2D eigenvalue weighted by atomic mass is 16.1. The fourth-order valence-corrected chi connectivity index (χ4v) is 2.46. The van der Waals surface area contributed by atoms with Crippen LogP contribution in [0.5, 0.6) is 0 Å². The number of aromatic nitrogens is 2. The Labute approximate surface area is 102 Å². The van der Waals surface area contributed by atoms with Gasteiger partial charge in [0.25, 0.3) is 0 Å². The Morgan fingerprint density at radius 1 is 1.65 bits per heavy atom. The molecule has 1 saturated heterocycles. The van der Waals surface area contributed by atoms with Crippen LogP contribution in [0.1, 0.15) is 43.4 Å². The summed E-state index contributed by atoms with van der Waals surface area (Å²) in [5.41, 5.74) is 1.64. The SMILES string of the molecule is CC(=O)c1cc(CC2CCN(C(C)C)C2)[nH]n1. The molecule has 0 amide bonds. The molecular formula is C13H21N3O. The van der Waals surface area contributed by atoms with Gasteiger partial charge in [-0.1, -0.05) is 0 Å². The number of carbonyl (C=O) groups is 1. The number of likely N-dealkylation sites (tertiary alicyclic amines) is 1. The first-order valence-corrected chi connectivity index (χ1v) is 6.35. The summed E-state index contributed by atoms with van der Waals surface area (Å²) in [6.45, 7) is 8.39. The van der Waals surface area contributed by atoms with Gasteiger partial charge in [-0.3, -0.25) is 9.89 Å². The monoisotopic (exact) mass is 235 g/mol. The second-order valence-corrected chi connectivity index (χ2v) is 5.28. The summed E-state index contributed by atoms with van der Waals surface area (Å²) >= 11 is 0. The molecule has 0 aliphatic carbocycles. The summed E-state index contributed by atoms with van der Waals surface area (Å²) in [6.07, 6.45) is 2.25. The van der Waals surface area contributed by atoms with E-state index in [1.165, 1.54) is 13.0 Å². The summed E-state index contributed by atoms with van der Waals surface area (Å²) in [5, 5.41) is 6.99. The number of ketones is 1. The van der Waals surface area contributed by atoms with Crippen LogP contribution < -0.4 is 0 Å². The average molecular weight is 235 g/mol. The molecule has 0 aromatic carbocycles. The number of rotatable bonds is 4. The first kappa shape index (κ1) is 12.3. The molecule has 1 aliphatic rings. The maximum Gasteiger partial charge on any atom is 0.179 e. The molecule has 0 saturated carbocycles. The number of Topliss-reactive ketones (excluding diaryl/α,β-unsaturated/α-hetero) is 1. The molecule has 1 unspecified atom stereocenters. The molecule has 1 fully saturated rings. The molecule has 4 nitrogen and oxygen atoms in total. The predicted molar refractivity (Wildman–Crippen MR) is 67.1 cm³/mol. The second-order valence-electron chi connectivity index (χ2n) is 5.28. The Balaban J connectivity index is 1.91. The zero-order chi connectivity index (χ0) is 12.4. The number of H-pyrrole nitrogens is 1. The van der Waals surface area contributed by atoms with Gasteiger partial charge in [0.05, 0.1) is 0 Å². The van der Waals surface area contributed by atoms with Gasteiger partial charge in [-0.15, -0.1) is 0 Å². The Kier molecular flexibility index (Phi) is 3.62. The van der Waals surface area contributed by atoms with Crippen LogP contribution in [-0.4, -0.2) is 40.0 Å². The lowest BCUT2D eigenvalue weighted by atomic mass is 10.0. The lowest BCUT2D eigenvalue weighted by molar-refractivity contribution is 0.101. The van der Waals surface area contributed by atoms with E-state index in [0.717, 1.165) is 18.7 Å². The minimum atomic E-state index is 0.0303. The third kappa shape index (κ3) is 2.94. The van der Waals surface area contributed by atoms with Gasteiger partial charge < -0.3 is 4.90 Å². The highest BCUT2D eigenvalue weighted by Gasteiger charge is 2.24. The van der Waals surface area contributed by atoms with E-state index in [0.29, 0.717) is 17.7 Å². The largest absolute Gasteiger partial charge is 0.301 e. The van der Waals surface area contributed by atoms with Crippen LogP contribution in [0.2, 0.25) is 0 Å². The first-order valence-electron chi connectivity index (χ1n) is 6.35. The van der Waals surface area contributed by atoms with E-state index in [1.54, 1.807) is 6.92 Å². The van der Waals surface area contributed by atoms with Crippen molar-refractivity contribution < 1.29 is 4.79 Å². The fraction of sp³-hybridized carbons (Fsp3) is 0.692. The van der Waals surface area contributed by atoms with Gasteiger partial charge >= 0.3 is 0 Å². The number of aromatic amines is 1. The summed E-state index contributed by atoms with van der Waals surface area (Å²) in [7, 11) is 0. The maximum atomic E-state index is 11.1. The van der Waals surface area contributed by atoms with Crippen molar-refractivity contribution in [3.05, 3.63) is 17.5 Å². The van der Waals surface area contributed by atoms with Crippen molar-refractivity contribution in [2.24, 2.45) is 5.92 Å². The van der Waals surface area contributed by atoms with Crippen molar-refractivity contribution in [2.75, 3.05) is 13.1 Å². The van der Waals surface area contributed by atoms with Crippen LogP contribution >= 0.6 is 0 Å². The summed E-state index contributed by atoms with van der Waals surface area (Å²) < 4.78 is 0. The zero-order valence-electron chi connectivity index (χ0n) is 10.9. The van der Waals surface area contributed by atoms with Crippen molar-refractivity contribution in [1.29, 1.82) is 0 Å². The van der Waals surface area contributed by atoms with Crippen molar-refractivity contribution in [1.82, 2.24) is 15.1 Å². The Morgan fingerprint density at radius 2 is 2.41 bits per heavy atom. The molecular weight excluding hydrogens is 214 g/mol. The molecule has 0 radical (unpaired) electrons. The topological polar surface area (TPSA) is 49.0 Å². The van der Waals surface area contributed by atoms with E-state index >= 15 is 0 Å². The third-order valence-electron chi connectivity index (χ3n) is 3.55. The van der Waals surface area contributed by atoms with Crippen molar-refractivity contribution in [3.8, 4) is 0 Å². The first-order chi connectivity index (χ1) is 8.06. The average Bonchev–Trinajstić information content (AvgIpc) is 2.87. The second kappa shape index (κ2) is 5.00. The molecule has 2 heterocycles. The number of hydrogen-bond donors (Lipinski definition) is 1. The van der Waals surface area contributed by atoms with E-state index in [9.17, 15) is 4.79 Å². The van der Waals surface area contributed by atoms with Crippen molar-refractivity contribution in [2.45, 2.75) is 39.7 Å². The van der Waals surface area contributed by atoms with Crippen LogP contribution in [-0.2, 0) is 6.42 Å². The van der Waals surface area contributed by atoms with Gasteiger partial charge in [-0.25, -0.2) is 0 Å². The molecule has 2 rings (SSSR count). The van der Waals surface area contributed by atoms with Gasteiger partial charge in [0.2, 0.25) is 0 Å². The van der Waals surface area contributed by atoms with Gasteiger partial charge in [0.15, 0.2) is 5.78 Å². The smallest absolute Gasteiger partial charge is 0.179 e. The summed E-state index contributed by atoms with van der Waals surface area (Å²) in [6, 6.07) is 2.52. The molecule has 1 aromatic heterocycles. The fourth-order valence-electron chi connectivity index (χ4n) is 2.46. The van der Waals surface area contributed by atoms with Gasteiger partial charge in [-0.05, 0) is 45.2 Å². The maximum absolute atomic E-state index is 11.1. The molecule has 17 heavy (non-hydrogen) atoms. The lowest BCUT2D eigenvalue weighted by Crippen LogP contribution is -2.28. The van der Waals surface area contributed by atoms with Crippen LogP contribution in [0.15, 0.2) is 6.07 Å². The molecule has 0 bridgehead atoms. The minimum absolute atomic E-state index is 0.0303. The van der Waals surface area contributed by atoms with Gasteiger partial charge in [0.1, 0.15) is 5.69 Å². The molecule has 1 aromatic rings. The highest BCUT2D eigenvalue weighted by molar-refractivity contribution is 5.92. The number of carbonyl (C=O) groups excluding carboxylic acids is 1. The van der Waals surface area contributed by atoms with E-state index in [4.69, 9.17) is 0 Å². The van der Waals surface area contributed by atoms with Crippen LogP contribution in [0.3, 0.4) is 0 Å². The Bertz CT molecular complexity index is 397. The standard InChI is InChI=1S/C13H21N3O/c1-9(2)16-5-4-11(8-16)6-12-7-13(10(3)17)15-14-12/h7,9,11H,4-6,8H2,1-3H3,(H,14,15). The molecule has 0 spiro atoms. The highest BCUT2D eigenvalue weighted by Crippen LogP contribution is 2.21. The zero-order valence-corrected chi connectivity index (χ0v) is 10.9. The predicted octanol–water partition coefficient (Wildman–Crippen LogP) is 1.89. The number of nitrogens with one attached hydrogen (secondary N) is 1. The van der Waals surface area contributed by atoms with E-state index in [2.05, 4.69) is 28.9 Å². The molecule has 1 N–H and O–H groups in total. The Morgan fingerprint density at radius 3 is 2.94 bits per heavy atom. The van der Waals surface area contributed by atoms with Crippen molar-refractivity contribution >= 4 is 5.78 Å². The van der Waals surface area contributed by atoms with E-state index in [1.807, 2.05) is 6.07 Å². The summed E-state index contributed by atoms with van der Waals surface area (Å²) in [5.74, 6) is 0.723. The van der Waals surface area contributed by atoms with Crippen LogP contribution in [0.4, 0.5) is 0 Å². The molecule has 94 valence electrons. The van der Waals surface area contributed by atoms with Gasteiger partial charge in [0, 0.05) is 25.2 Å². The van der Waals surface area contributed by atoms with Crippen molar-refractivity contribution in [3.63, 3.8) is 0 Å². The quantitative estimate of drug-likeness (QED) is 0.811. The number of hydrogen-bond acceptors (Lipinski definition) is 3. The van der Waals surface area contributed by atoms with E-state index in [-0.39, 0.29) is 5.78 Å². The third-order valence-corrected chi connectivity index (χ3v) is 3.55. The lowest BCUT2D eigenvalue weighted by Gasteiger charge is -2.19.